The lowest BCUT2D eigenvalue weighted by Crippen LogP contribution is -2.04. The summed E-state index contributed by atoms with van der Waals surface area (Å²) >= 11 is 0. The van der Waals surface area contributed by atoms with Crippen LogP contribution in [0.2, 0.25) is 0 Å². The molecule has 0 amide bonds. The van der Waals surface area contributed by atoms with Crippen LogP contribution in [0.15, 0.2) is 24.3 Å². The predicted molar refractivity (Wildman–Crippen MR) is 65.5 cm³/mol. The molecule has 20 heavy (non-hydrogen) atoms. The van der Waals surface area contributed by atoms with Crippen molar-refractivity contribution in [3.8, 4) is 17.3 Å². The highest BCUT2D eigenvalue weighted by molar-refractivity contribution is 5.63. The van der Waals surface area contributed by atoms with Crippen LogP contribution in [0.3, 0.4) is 0 Å². The number of aromatic amines is 1. The van der Waals surface area contributed by atoms with Crippen LogP contribution in [0.1, 0.15) is 11.3 Å². The van der Waals surface area contributed by atoms with Gasteiger partial charge in [-0.3, -0.25) is 4.79 Å². The molecule has 2 rings (SSSR count). The van der Waals surface area contributed by atoms with Gasteiger partial charge in [0.05, 0.1) is 17.0 Å². The second-order valence-corrected chi connectivity index (χ2v) is 3.79. The molecule has 1 heterocycles. The number of carbonyl (C=O) groups is 1. The maximum absolute atomic E-state index is 12.4. The van der Waals surface area contributed by atoms with Crippen LogP contribution in [0.5, 0.6) is 6.01 Å². The zero-order chi connectivity index (χ0) is 14.0. The van der Waals surface area contributed by atoms with E-state index >= 15 is 0 Å². The third-order valence-corrected chi connectivity index (χ3v) is 2.52. The molecule has 1 aromatic carbocycles. The Morgan fingerprint density at radius 1 is 1.25 bits per heavy atom. The molecule has 2 aromatic rings. The van der Waals surface area contributed by atoms with Crippen molar-refractivity contribution in [1.82, 2.24) is 16.1 Å². The highest BCUT2D eigenvalue weighted by atomic mass is 19.4. The van der Waals surface area contributed by atoms with Crippen LogP contribution in [0.4, 0.5) is 13.2 Å². The van der Waals surface area contributed by atoms with Gasteiger partial charge in [-0.05, 0) is 24.6 Å². The van der Waals surface area contributed by atoms with Gasteiger partial charge in [-0.1, -0.05) is 12.1 Å². The largest absolute Gasteiger partial charge is 0.416 e. The summed E-state index contributed by atoms with van der Waals surface area (Å²) in [5.74, 6) is 0. The Labute approximate surface area is 112 Å². The number of alkyl halides is 3. The molecule has 0 saturated carbocycles. The standard InChI is InChI=1S/C12H9F3N2O2.H3N/c1-7-10(17-11(16-7)19-6-18)8-2-4-9(5-3-8)12(13,14)15;/h2-6H,1H3,(H,16,17);1H3. The fourth-order valence-electron chi connectivity index (χ4n) is 1.64. The number of carbonyl (C=O) groups excluding carboxylic acids is 1. The Morgan fingerprint density at radius 3 is 2.35 bits per heavy atom. The number of imidazole rings is 1. The average molecular weight is 287 g/mol. The van der Waals surface area contributed by atoms with Gasteiger partial charge >= 0.3 is 18.7 Å². The summed E-state index contributed by atoms with van der Waals surface area (Å²) in [6.07, 6.45) is -4.37. The lowest BCUT2D eigenvalue weighted by Gasteiger charge is -2.07. The minimum atomic E-state index is -4.37. The van der Waals surface area contributed by atoms with Crippen LogP contribution in [-0.4, -0.2) is 16.4 Å². The zero-order valence-corrected chi connectivity index (χ0v) is 10.5. The molecular formula is C12H12F3N3O2. The monoisotopic (exact) mass is 287 g/mol. The van der Waals surface area contributed by atoms with Gasteiger partial charge in [0.25, 0.3) is 0 Å². The van der Waals surface area contributed by atoms with Gasteiger partial charge in [-0.25, -0.2) is 0 Å². The number of aryl methyl sites for hydroxylation is 1. The fourth-order valence-corrected chi connectivity index (χ4v) is 1.64. The van der Waals surface area contributed by atoms with Crippen molar-refractivity contribution in [1.29, 1.82) is 0 Å². The highest BCUT2D eigenvalue weighted by Crippen LogP contribution is 2.31. The lowest BCUT2D eigenvalue weighted by atomic mass is 10.1. The van der Waals surface area contributed by atoms with E-state index in [-0.39, 0.29) is 18.6 Å². The van der Waals surface area contributed by atoms with Crippen molar-refractivity contribution in [2.24, 2.45) is 0 Å². The summed E-state index contributed by atoms with van der Waals surface area (Å²) < 4.78 is 41.8. The molecule has 4 N–H and O–H groups in total. The molecule has 0 saturated heterocycles. The molecule has 0 radical (unpaired) electrons. The Morgan fingerprint density at radius 2 is 1.85 bits per heavy atom. The van der Waals surface area contributed by atoms with E-state index < -0.39 is 11.7 Å². The van der Waals surface area contributed by atoms with E-state index in [1.807, 2.05) is 0 Å². The van der Waals surface area contributed by atoms with Gasteiger partial charge < -0.3 is 15.9 Å². The number of benzene rings is 1. The third-order valence-electron chi connectivity index (χ3n) is 2.52. The predicted octanol–water partition coefficient (Wildman–Crippen LogP) is 3.10. The molecule has 0 aliphatic carbocycles. The molecular weight excluding hydrogens is 275 g/mol. The molecule has 5 nitrogen and oxygen atoms in total. The molecule has 8 heteroatoms. The van der Waals surface area contributed by atoms with Crippen molar-refractivity contribution in [2.45, 2.75) is 13.1 Å². The van der Waals surface area contributed by atoms with Crippen molar-refractivity contribution < 1.29 is 22.7 Å². The summed E-state index contributed by atoms with van der Waals surface area (Å²) in [6.45, 7) is 1.87. The quantitative estimate of drug-likeness (QED) is 0.849. The van der Waals surface area contributed by atoms with Gasteiger partial charge in [-0.15, -0.1) is 0 Å². The van der Waals surface area contributed by atoms with Crippen molar-refractivity contribution in [3.63, 3.8) is 0 Å². The number of nitrogens with zero attached hydrogens (tertiary/aromatic N) is 1. The van der Waals surface area contributed by atoms with Crippen molar-refractivity contribution >= 4 is 6.47 Å². The summed E-state index contributed by atoms with van der Waals surface area (Å²) in [4.78, 5) is 16.8. The molecule has 0 atom stereocenters. The lowest BCUT2D eigenvalue weighted by molar-refractivity contribution is -0.137. The zero-order valence-electron chi connectivity index (χ0n) is 10.5. The fraction of sp³-hybridized carbons (Fsp3) is 0.167. The van der Waals surface area contributed by atoms with Gasteiger partial charge in [0.1, 0.15) is 0 Å². The smallest absolute Gasteiger partial charge is 0.395 e. The average Bonchev–Trinajstić information content (AvgIpc) is 2.70. The van der Waals surface area contributed by atoms with E-state index in [0.717, 1.165) is 12.1 Å². The summed E-state index contributed by atoms with van der Waals surface area (Å²) in [5, 5.41) is 0. The van der Waals surface area contributed by atoms with E-state index in [0.29, 0.717) is 17.0 Å². The maximum atomic E-state index is 12.4. The van der Waals surface area contributed by atoms with E-state index in [4.69, 9.17) is 0 Å². The first kappa shape index (κ1) is 15.7. The minimum Gasteiger partial charge on any atom is -0.395 e. The first-order chi connectivity index (χ1) is 8.91. The maximum Gasteiger partial charge on any atom is 0.416 e. The molecule has 108 valence electrons. The number of hydrogen-bond donors (Lipinski definition) is 2. The van der Waals surface area contributed by atoms with Crippen LogP contribution in [0.25, 0.3) is 11.3 Å². The Bertz CT molecular complexity index is 591. The number of hydrogen-bond acceptors (Lipinski definition) is 4. The number of aromatic nitrogens is 2. The Hall–Kier alpha value is -2.35. The molecule has 0 aliphatic heterocycles. The summed E-state index contributed by atoms with van der Waals surface area (Å²) in [5.41, 5.74) is 0.832. The Kier molecular flexibility index (Phi) is 4.51. The summed E-state index contributed by atoms with van der Waals surface area (Å²) in [7, 11) is 0. The van der Waals surface area contributed by atoms with Crippen LogP contribution < -0.4 is 10.9 Å². The number of halogens is 3. The minimum absolute atomic E-state index is 0. The van der Waals surface area contributed by atoms with Gasteiger partial charge in [-0.2, -0.15) is 18.2 Å². The third kappa shape index (κ3) is 3.15. The molecule has 1 aromatic heterocycles. The molecule has 0 spiro atoms. The van der Waals surface area contributed by atoms with Crippen LogP contribution in [0, 0.1) is 6.92 Å². The van der Waals surface area contributed by atoms with E-state index in [9.17, 15) is 18.0 Å². The topological polar surface area (TPSA) is 90.0 Å². The second kappa shape index (κ2) is 5.74. The van der Waals surface area contributed by atoms with Crippen molar-refractivity contribution in [2.75, 3.05) is 0 Å². The van der Waals surface area contributed by atoms with Gasteiger partial charge in [0, 0.05) is 0 Å². The molecule has 0 aliphatic rings. The first-order valence-corrected chi connectivity index (χ1v) is 5.26. The molecule has 0 bridgehead atoms. The van der Waals surface area contributed by atoms with E-state index in [1.54, 1.807) is 6.92 Å². The van der Waals surface area contributed by atoms with E-state index in [1.165, 1.54) is 12.1 Å². The normalized spacial score (nSPS) is 10.8. The SMILES string of the molecule is Cc1nc(OC=O)[nH]c1-c1ccc(C(F)(F)F)cc1.N. The first-order valence-electron chi connectivity index (χ1n) is 5.26. The molecule has 0 fully saturated rings. The number of H-pyrrole nitrogens is 1. The van der Waals surface area contributed by atoms with E-state index in [2.05, 4.69) is 14.7 Å². The summed E-state index contributed by atoms with van der Waals surface area (Å²) in [6, 6.07) is 4.62. The van der Waals surface area contributed by atoms with Crippen LogP contribution >= 0.6 is 0 Å². The van der Waals surface area contributed by atoms with Gasteiger partial charge in [0.2, 0.25) is 0 Å². The number of rotatable bonds is 3. The Balaban J connectivity index is 0.00000200. The van der Waals surface area contributed by atoms with Crippen molar-refractivity contribution in [3.05, 3.63) is 35.5 Å². The van der Waals surface area contributed by atoms with Gasteiger partial charge in [0.15, 0.2) is 0 Å². The van der Waals surface area contributed by atoms with Crippen LogP contribution in [-0.2, 0) is 11.0 Å². The molecule has 0 unspecified atom stereocenters. The highest BCUT2D eigenvalue weighted by Gasteiger charge is 2.30. The second-order valence-electron chi connectivity index (χ2n) is 3.79. The number of ether oxygens (including phenoxy) is 1. The number of nitrogens with one attached hydrogen (secondary N) is 1.